The second-order valence-corrected chi connectivity index (χ2v) is 6.72. The van der Waals surface area contributed by atoms with Gasteiger partial charge in [-0.05, 0) is 44.9 Å². The van der Waals surface area contributed by atoms with Crippen LogP contribution < -0.4 is 5.73 Å². The lowest BCUT2D eigenvalue weighted by Gasteiger charge is -2.38. The first-order valence-electron chi connectivity index (χ1n) is 8.18. The molecule has 1 aliphatic rings. The lowest BCUT2D eigenvalue weighted by Crippen LogP contribution is -2.37. The van der Waals surface area contributed by atoms with Gasteiger partial charge in [-0.2, -0.15) is 0 Å². The van der Waals surface area contributed by atoms with Crippen molar-refractivity contribution in [2.24, 2.45) is 5.92 Å². The molecule has 2 N–H and O–H groups in total. The van der Waals surface area contributed by atoms with Crippen molar-refractivity contribution < 1.29 is 4.74 Å². The number of nitrogens with two attached hydrogens (primary N) is 1. The minimum atomic E-state index is -0.346. The van der Waals surface area contributed by atoms with Crippen molar-refractivity contribution in [1.82, 2.24) is 9.97 Å². The van der Waals surface area contributed by atoms with Gasteiger partial charge in [-0.25, -0.2) is 9.97 Å². The van der Waals surface area contributed by atoms with E-state index in [-0.39, 0.29) is 5.60 Å². The predicted octanol–water partition coefficient (Wildman–Crippen LogP) is 3.93. The van der Waals surface area contributed by atoms with Crippen LogP contribution in [0.5, 0.6) is 0 Å². The molecule has 1 fully saturated rings. The Morgan fingerprint density at radius 2 is 2.10 bits per heavy atom. The molecule has 21 heavy (non-hydrogen) atoms. The Labute approximate surface area is 128 Å². The van der Waals surface area contributed by atoms with Gasteiger partial charge in [0.25, 0.3) is 0 Å². The quantitative estimate of drug-likeness (QED) is 0.913. The molecule has 1 heterocycles. The minimum Gasteiger partial charge on any atom is -0.383 e. The second kappa shape index (κ2) is 6.30. The Hall–Kier alpha value is -1.16. The fraction of sp³-hybridized carbons (Fsp3) is 0.765. The summed E-state index contributed by atoms with van der Waals surface area (Å²) >= 11 is 0. The monoisotopic (exact) mass is 291 g/mol. The number of nitrogen functional groups attached to an aromatic ring is 1. The van der Waals surface area contributed by atoms with E-state index in [9.17, 15) is 0 Å². The number of nitrogens with zero attached hydrogens (tertiary/aromatic N) is 2. The second-order valence-electron chi connectivity index (χ2n) is 6.72. The highest BCUT2D eigenvalue weighted by atomic mass is 16.5. The van der Waals surface area contributed by atoms with Crippen molar-refractivity contribution in [2.75, 3.05) is 12.3 Å². The van der Waals surface area contributed by atoms with E-state index in [4.69, 9.17) is 15.5 Å². The van der Waals surface area contributed by atoms with Crippen molar-refractivity contribution >= 4 is 5.82 Å². The molecular formula is C17H29N3O. The third kappa shape index (κ3) is 3.20. The zero-order valence-corrected chi connectivity index (χ0v) is 14.1. The van der Waals surface area contributed by atoms with Gasteiger partial charge < -0.3 is 10.5 Å². The smallest absolute Gasteiger partial charge is 0.162 e. The average Bonchev–Trinajstić information content (AvgIpc) is 2.37. The molecule has 1 saturated carbocycles. The minimum absolute atomic E-state index is 0.340. The lowest BCUT2D eigenvalue weighted by molar-refractivity contribution is -0.0881. The van der Waals surface area contributed by atoms with Crippen LogP contribution in [0.2, 0.25) is 0 Å². The van der Waals surface area contributed by atoms with Gasteiger partial charge >= 0.3 is 0 Å². The average molecular weight is 291 g/mol. The van der Waals surface area contributed by atoms with E-state index in [1.54, 1.807) is 0 Å². The third-order valence-electron chi connectivity index (χ3n) is 4.53. The van der Waals surface area contributed by atoms with Gasteiger partial charge in [-0.3, -0.25) is 0 Å². The van der Waals surface area contributed by atoms with Crippen molar-refractivity contribution in [1.29, 1.82) is 0 Å². The third-order valence-corrected chi connectivity index (χ3v) is 4.53. The Bertz CT molecular complexity index is 474. The molecule has 2 atom stereocenters. The van der Waals surface area contributed by atoms with E-state index in [0.717, 1.165) is 36.3 Å². The molecule has 0 saturated heterocycles. The van der Waals surface area contributed by atoms with Crippen LogP contribution in [0.15, 0.2) is 0 Å². The van der Waals surface area contributed by atoms with E-state index < -0.39 is 0 Å². The predicted molar refractivity (Wildman–Crippen MR) is 86.2 cm³/mol. The molecule has 0 bridgehead atoms. The maximum atomic E-state index is 6.21. The fourth-order valence-electron chi connectivity index (χ4n) is 3.70. The first kappa shape index (κ1) is 16.2. The largest absolute Gasteiger partial charge is 0.383 e. The molecule has 2 unspecified atom stereocenters. The van der Waals surface area contributed by atoms with Crippen molar-refractivity contribution in [3.63, 3.8) is 0 Å². The number of ether oxygens (including phenoxy) is 1. The standard InChI is InChI=1S/C17H29N3O/c1-6-21-17(9-7-8-12(4)10-17)16-19-13(5)14(11(2)3)15(18)20-16/h11-12H,6-10H2,1-5H3,(H2,18,19,20). The number of aromatic nitrogens is 2. The van der Waals surface area contributed by atoms with E-state index >= 15 is 0 Å². The van der Waals surface area contributed by atoms with Crippen LogP contribution in [-0.2, 0) is 10.3 Å². The highest BCUT2D eigenvalue weighted by Crippen LogP contribution is 2.42. The molecule has 4 nitrogen and oxygen atoms in total. The van der Waals surface area contributed by atoms with E-state index in [0.29, 0.717) is 24.3 Å². The lowest BCUT2D eigenvalue weighted by atomic mass is 9.78. The van der Waals surface area contributed by atoms with Gasteiger partial charge in [-0.1, -0.05) is 27.2 Å². The van der Waals surface area contributed by atoms with E-state index in [1.807, 2.05) is 13.8 Å². The summed E-state index contributed by atoms with van der Waals surface area (Å²) in [5.74, 6) is 2.38. The normalized spacial score (nSPS) is 26.3. The highest BCUT2D eigenvalue weighted by molar-refractivity contribution is 5.44. The van der Waals surface area contributed by atoms with Crippen LogP contribution in [0, 0.1) is 12.8 Å². The SMILES string of the molecule is CCOC1(c2nc(C)c(C(C)C)c(N)n2)CCCC(C)C1. The summed E-state index contributed by atoms with van der Waals surface area (Å²) in [4.78, 5) is 9.43. The molecule has 1 aliphatic carbocycles. The van der Waals surface area contributed by atoms with Crippen molar-refractivity contribution in [3.8, 4) is 0 Å². The van der Waals surface area contributed by atoms with Crippen LogP contribution in [0.1, 0.15) is 76.4 Å². The zero-order chi connectivity index (χ0) is 15.6. The number of rotatable bonds is 4. The molecule has 0 amide bonds. The molecule has 2 rings (SSSR count). The van der Waals surface area contributed by atoms with Crippen molar-refractivity contribution in [3.05, 3.63) is 17.1 Å². The molecule has 0 radical (unpaired) electrons. The topological polar surface area (TPSA) is 61.0 Å². The maximum Gasteiger partial charge on any atom is 0.162 e. The number of hydrogen-bond donors (Lipinski definition) is 1. The van der Waals surface area contributed by atoms with Crippen LogP contribution in [-0.4, -0.2) is 16.6 Å². The molecule has 1 aromatic heterocycles. The Balaban J connectivity index is 2.46. The van der Waals surface area contributed by atoms with Crippen LogP contribution >= 0.6 is 0 Å². The molecule has 0 spiro atoms. The molecule has 0 aromatic carbocycles. The Kier molecular flexibility index (Phi) is 4.87. The van der Waals surface area contributed by atoms with Crippen LogP contribution in [0.3, 0.4) is 0 Å². The Morgan fingerprint density at radius 3 is 2.62 bits per heavy atom. The molecule has 1 aromatic rings. The highest BCUT2D eigenvalue weighted by Gasteiger charge is 2.40. The summed E-state index contributed by atoms with van der Waals surface area (Å²) in [5, 5.41) is 0. The van der Waals surface area contributed by atoms with Gasteiger partial charge in [0.1, 0.15) is 11.4 Å². The van der Waals surface area contributed by atoms with Gasteiger partial charge in [0.2, 0.25) is 0 Å². The summed E-state index contributed by atoms with van der Waals surface area (Å²) in [5.41, 5.74) is 7.92. The fourth-order valence-corrected chi connectivity index (χ4v) is 3.70. The summed E-state index contributed by atoms with van der Waals surface area (Å²) in [6.07, 6.45) is 4.40. The first-order chi connectivity index (χ1) is 9.89. The molecule has 118 valence electrons. The van der Waals surface area contributed by atoms with Gasteiger partial charge in [-0.15, -0.1) is 0 Å². The number of anilines is 1. The van der Waals surface area contributed by atoms with Crippen LogP contribution in [0.4, 0.5) is 5.82 Å². The first-order valence-corrected chi connectivity index (χ1v) is 8.18. The number of aryl methyl sites for hydroxylation is 1. The summed E-state index contributed by atoms with van der Waals surface area (Å²) in [6.45, 7) is 11.3. The summed E-state index contributed by atoms with van der Waals surface area (Å²) in [7, 11) is 0. The molecule has 4 heteroatoms. The van der Waals surface area contributed by atoms with E-state index in [1.165, 1.54) is 6.42 Å². The maximum absolute atomic E-state index is 6.21. The molecular weight excluding hydrogens is 262 g/mol. The van der Waals surface area contributed by atoms with Gasteiger partial charge in [0.05, 0.1) is 0 Å². The van der Waals surface area contributed by atoms with Gasteiger partial charge in [0.15, 0.2) is 5.82 Å². The van der Waals surface area contributed by atoms with Crippen LogP contribution in [0.25, 0.3) is 0 Å². The zero-order valence-electron chi connectivity index (χ0n) is 14.1. The Morgan fingerprint density at radius 1 is 1.38 bits per heavy atom. The van der Waals surface area contributed by atoms with Gasteiger partial charge in [0, 0.05) is 17.9 Å². The summed E-state index contributed by atoms with van der Waals surface area (Å²) < 4.78 is 6.16. The van der Waals surface area contributed by atoms with Crippen molar-refractivity contribution in [2.45, 2.75) is 71.8 Å². The molecule has 0 aliphatic heterocycles. The summed E-state index contributed by atoms with van der Waals surface area (Å²) in [6, 6.07) is 0. The van der Waals surface area contributed by atoms with E-state index in [2.05, 4.69) is 25.8 Å². The number of hydrogen-bond acceptors (Lipinski definition) is 4.